The number of amides is 1. The fourth-order valence-electron chi connectivity index (χ4n) is 4.03. The number of benzene rings is 4. The summed E-state index contributed by atoms with van der Waals surface area (Å²) >= 11 is 3.40. The predicted molar refractivity (Wildman–Crippen MR) is 149 cm³/mol. The summed E-state index contributed by atoms with van der Waals surface area (Å²) in [7, 11) is 0. The van der Waals surface area contributed by atoms with Gasteiger partial charge in [-0.1, -0.05) is 76.1 Å². The molecule has 1 heterocycles. The van der Waals surface area contributed by atoms with Crippen molar-refractivity contribution < 1.29 is 18.7 Å². The number of fused-ring (bicyclic) bond motifs is 1. The lowest BCUT2D eigenvalue weighted by atomic mass is 10.0. The van der Waals surface area contributed by atoms with E-state index in [1.54, 1.807) is 42.5 Å². The maximum Gasteiger partial charge on any atom is 0.343 e. The SMILES string of the molecule is Cc1ccc(C(=O)Oc2ccc(Br)cc2C=NNC(=O)c2[nH]c3c(F)cccc3c2-c2ccccc2)cc1. The van der Waals surface area contributed by atoms with Gasteiger partial charge in [0.2, 0.25) is 0 Å². The highest BCUT2D eigenvalue weighted by Gasteiger charge is 2.20. The van der Waals surface area contributed by atoms with Crippen molar-refractivity contribution in [1.82, 2.24) is 10.4 Å². The molecule has 8 heteroatoms. The average Bonchev–Trinajstić information content (AvgIpc) is 3.32. The summed E-state index contributed by atoms with van der Waals surface area (Å²) in [5.41, 5.74) is 6.14. The number of H-pyrrole nitrogens is 1. The average molecular weight is 570 g/mol. The van der Waals surface area contributed by atoms with Crippen molar-refractivity contribution in [3.05, 3.63) is 124 Å². The number of halogens is 2. The van der Waals surface area contributed by atoms with Crippen LogP contribution in [0, 0.1) is 12.7 Å². The third-order valence-corrected chi connectivity index (χ3v) is 6.40. The third kappa shape index (κ3) is 5.26. The third-order valence-electron chi connectivity index (χ3n) is 5.90. The molecule has 188 valence electrons. The van der Waals surface area contributed by atoms with E-state index in [0.29, 0.717) is 22.1 Å². The summed E-state index contributed by atoms with van der Waals surface area (Å²) in [6, 6.07) is 26.1. The fourth-order valence-corrected chi connectivity index (χ4v) is 4.41. The van der Waals surface area contributed by atoms with Crippen molar-refractivity contribution in [3.63, 3.8) is 0 Å². The zero-order chi connectivity index (χ0) is 26.6. The summed E-state index contributed by atoms with van der Waals surface area (Å²) in [6.45, 7) is 1.93. The Morgan fingerprint density at radius 3 is 2.50 bits per heavy atom. The number of hydrogen-bond donors (Lipinski definition) is 2. The number of carbonyl (C=O) groups is 2. The Balaban J connectivity index is 1.41. The number of ether oxygens (including phenoxy) is 1. The normalized spacial score (nSPS) is 11.1. The number of rotatable bonds is 6. The van der Waals surface area contributed by atoms with Crippen LogP contribution in [0.5, 0.6) is 5.75 Å². The van der Waals surface area contributed by atoms with Crippen molar-refractivity contribution in [2.45, 2.75) is 6.92 Å². The Morgan fingerprint density at radius 1 is 0.974 bits per heavy atom. The van der Waals surface area contributed by atoms with Crippen LogP contribution in [0.1, 0.15) is 32.0 Å². The molecule has 0 spiro atoms. The van der Waals surface area contributed by atoms with Crippen molar-refractivity contribution in [2.75, 3.05) is 0 Å². The molecule has 38 heavy (non-hydrogen) atoms. The smallest absolute Gasteiger partial charge is 0.343 e. The fraction of sp³-hybridized carbons (Fsp3) is 0.0333. The first-order valence-corrected chi connectivity index (χ1v) is 12.5. The molecule has 2 N–H and O–H groups in total. The van der Waals surface area contributed by atoms with Gasteiger partial charge in [-0.25, -0.2) is 14.6 Å². The topological polar surface area (TPSA) is 83.5 Å². The summed E-state index contributed by atoms with van der Waals surface area (Å²) in [5, 5.41) is 4.67. The van der Waals surface area contributed by atoms with Gasteiger partial charge in [-0.15, -0.1) is 0 Å². The largest absolute Gasteiger partial charge is 0.422 e. The maximum atomic E-state index is 14.5. The Bertz CT molecular complexity index is 1680. The lowest BCUT2D eigenvalue weighted by molar-refractivity contribution is 0.0734. The summed E-state index contributed by atoms with van der Waals surface area (Å²) < 4.78 is 20.8. The van der Waals surface area contributed by atoms with E-state index in [0.717, 1.165) is 15.6 Å². The number of aromatic amines is 1. The minimum Gasteiger partial charge on any atom is -0.422 e. The van der Waals surface area contributed by atoms with Crippen LogP contribution in [-0.4, -0.2) is 23.1 Å². The van der Waals surface area contributed by atoms with Crippen molar-refractivity contribution in [1.29, 1.82) is 0 Å². The van der Waals surface area contributed by atoms with Gasteiger partial charge in [0.15, 0.2) is 0 Å². The van der Waals surface area contributed by atoms with Crippen molar-refractivity contribution >= 4 is 44.9 Å². The molecular formula is C30H21BrFN3O3. The summed E-state index contributed by atoms with van der Waals surface area (Å²) in [5.74, 6) is -1.26. The zero-order valence-electron chi connectivity index (χ0n) is 20.2. The molecule has 0 atom stereocenters. The molecule has 0 unspecified atom stereocenters. The number of nitrogens with zero attached hydrogens (tertiary/aromatic N) is 1. The van der Waals surface area contributed by atoms with E-state index in [2.05, 4.69) is 31.4 Å². The van der Waals surface area contributed by atoms with E-state index >= 15 is 0 Å². The molecule has 1 aromatic heterocycles. The lowest BCUT2D eigenvalue weighted by Crippen LogP contribution is -2.19. The highest BCUT2D eigenvalue weighted by Crippen LogP contribution is 2.33. The predicted octanol–water partition coefficient (Wildman–Crippen LogP) is 7.03. The maximum absolute atomic E-state index is 14.5. The quantitative estimate of drug-likeness (QED) is 0.0996. The van der Waals surface area contributed by atoms with Crippen molar-refractivity contribution in [2.24, 2.45) is 5.10 Å². The molecule has 0 saturated heterocycles. The lowest BCUT2D eigenvalue weighted by Gasteiger charge is -2.08. The Labute approximate surface area is 226 Å². The van der Waals surface area contributed by atoms with Gasteiger partial charge in [-0.2, -0.15) is 5.10 Å². The Kier molecular flexibility index (Phi) is 7.15. The molecule has 5 rings (SSSR count). The van der Waals surface area contributed by atoms with Crippen LogP contribution in [0.4, 0.5) is 4.39 Å². The molecule has 6 nitrogen and oxygen atoms in total. The van der Waals surface area contributed by atoms with E-state index in [1.165, 1.54) is 12.3 Å². The number of carbonyl (C=O) groups excluding carboxylic acids is 2. The molecule has 5 aromatic rings. The van der Waals surface area contributed by atoms with Gasteiger partial charge >= 0.3 is 5.97 Å². The number of para-hydroxylation sites is 1. The number of aryl methyl sites for hydroxylation is 1. The zero-order valence-corrected chi connectivity index (χ0v) is 21.8. The molecule has 4 aromatic carbocycles. The first kappa shape index (κ1) is 25.1. The summed E-state index contributed by atoms with van der Waals surface area (Å²) in [4.78, 5) is 28.7. The van der Waals surface area contributed by atoms with Crippen LogP contribution >= 0.6 is 15.9 Å². The van der Waals surface area contributed by atoms with E-state index in [1.807, 2.05) is 49.4 Å². The molecule has 0 aliphatic carbocycles. The van der Waals surface area contributed by atoms with Crippen LogP contribution < -0.4 is 10.2 Å². The van der Waals surface area contributed by atoms with Crippen LogP contribution in [0.2, 0.25) is 0 Å². The molecule has 0 saturated carbocycles. The Morgan fingerprint density at radius 2 is 1.74 bits per heavy atom. The highest BCUT2D eigenvalue weighted by atomic mass is 79.9. The van der Waals surface area contributed by atoms with E-state index in [9.17, 15) is 14.0 Å². The molecule has 0 radical (unpaired) electrons. The molecule has 1 amide bonds. The van der Waals surface area contributed by atoms with Crippen molar-refractivity contribution in [3.8, 4) is 16.9 Å². The number of hydrazone groups is 1. The van der Waals surface area contributed by atoms with Crippen LogP contribution in [0.15, 0.2) is 101 Å². The molecule has 0 aliphatic rings. The monoisotopic (exact) mass is 569 g/mol. The van der Waals surface area contributed by atoms with Gasteiger partial charge in [0.05, 0.1) is 17.3 Å². The number of nitrogens with one attached hydrogen (secondary N) is 2. The second-order valence-electron chi connectivity index (χ2n) is 8.54. The minimum atomic E-state index is -0.552. The van der Waals surface area contributed by atoms with E-state index < -0.39 is 17.7 Å². The second kappa shape index (κ2) is 10.8. The Hall–Kier alpha value is -4.56. The van der Waals surface area contributed by atoms with Crippen LogP contribution in [0.25, 0.3) is 22.0 Å². The first-order valence-electron chi connectivity index (χ1n) is 11.7. The standard InChI is InChI=1S/C30H21BrFN3O3/c1-18-10-12-20(13-11-18)30(37)38-25-15-14-22(31)16-21(25)17-33-35-29(36)28-26(19-6-3-2-4-7-19)23-8-5-9-24(32)27(23)34-28/h2-17,34H,1H3,(H,35,36). The van der Waals surface area contributed by atoms with Gasteiger partial charge in [0.25, 0.3) is 5.91 Å². The minimum absolute atomic E-state index is 0.175. The molecule has 0 bridgehead atoms. The molecule has 0 aliphatic heterocycles. The highest BCUT2D eigenvalue weighted by molar-refractivity contribution is 9.10. The molecule has 0 fully saturated rings. The number of aromatic nitrogens is 1. The summed E-state index contributed by atoms with van der Waals surface area (Å²) in [6.07, 6.45) is 1.38. The van der Waals surface area contributed by atoms with Gasteiger partial charge in [-0.3, -0.25) is 4.79 Å². The number of esters is 1. The van der Waals surface area contributed by atoms with E-state index in [4.69, 9.17) is 4.74 Å². The van der Waals surface area contributed by atoms with Gasteiger partial charge < -0.3 is 9.72 Å². The van der Waals surface area contributed by atoms with Gasteiger partial charge in [0.1, 0.15) is 17.3 Å². The van der Waals surface area contributed by atoms with Gasteiger partial charge in [0, 0.05) is 21.0 Å². The van der Waals surface area contributed by atoms with Crippen LogP contribution in [0.3, 0.4) is 0 Å². The second-order valence-corrected chi connectivity index (χ2v) is 9.46. The van der Waals surface area contributed by atoms with Gasteiger partial charge in [-0.05, 0) is 48.9 Å². The van der Waals surface area contributed by atoms with Crippen LogP contribution in [-0.2, 0) is 0 Å². The van der Waals surface area contributed by atoms with E-state index in [-0.39, 0.29) is 17.0 Å². The molecular weight excluding hydrogens is 549 g/mol. The first-order chi connectivity index (χ1) is 18.4. The number of hydrogen-bond acceptors (Lipinski definition) is 4.